The lowest BCUT2D eigenvalue weighted by Gasteiger charge is -2.09. The largest absolute Gasteiger partial charge is 0.478 e. The Kier molecular flexibility index (Phi) is 3.31. The van der Waals surface area contributed by atoms with E-state index in [0.29, 0.717) is 23.0 Å². The number of hydrogen-bond donors (Lipinski definition) is 2. The minimum absolute atomic E-state index is 0.206. The van der Waals surface area contributed by atoms with E-state index in [0.717, 1.165) is 19.6 Å². The number of fused-ring (bicyclic) bond motifs is 1. The summed E-state index contributed by atoms with van der Waals surface area (Å²) in [7, 11) is 2.12. The van der Waals surface area contributed by atoms with E-state index in [9.17, 15) is 4.79 Å². The standard InChI is InChI=1S/C14H17N3O3/c1-17-5-4-9(8-17)7-15-14-16-11-3-2-10(13(18)19)6-12(11)20-14/h2-3,6,9H,4-5,7-8H2,1H3,(H,15,16)(H,18,19). The molecule has 1 aromatic heterocycles. The Hall–Kier alpha value is -2.08. The third-order valence-electron chi connectivity index (χ3n) is 3.67. The van der Waals surface area contributed by atoms with Gasteiger partial charge in [0.15, 0.2) is 5.58 Å². The van der Waals surface area contributed by atoms with Crippen LogP contribution >= 0.6 is 0 Å². The number of hydrogen-bond acceptors (Lipinski definition) is 5. The maximum Gasteiger partial charge on any atom is 0.335 e. The monoisotopic (exact) mass is 275 g/mol. The van der Waals surface area contributed by atoms with Crippen molar-refractivity contribution in [3.8, 4) is 0 Å². The quantitative estimate of drug-likeness (QED) is 0.887. The zero-order chi connectivity index (χ0) is 14.1. The van der Waals surface area contributed by atoms with Gasteiger partial charge >= 0.3 is 5.97 Å². The van der Waals surface area contributed by atoms with Gasteiger partial charge in [-0.15, -0.1) is 0 Å². The molecule has 2 aromatic rings. The van der Waals surface area contributed by atoms with Crippen LogP contribution in [0.1, 0.15) is 16.8 Å². The number of carboxylic acids is 1. The van der Waals surface area contributed by atoms with Crippen molar-refractivity contribution in [3.05, 3.63) is 23.8 Å². The minimum atomic E-state index is -0.966. The van der Waals surface area contributed by atoms with E-state index in [1.807, 2.05) is 0 Å². The van der Waals surface area contributed by atoms with Crippen molar-refractivity contribution in [2.24, 2.45) is 5.92 Å². The number of nitrogens with one attached hydrogen (secondary N) is 1. The summed E-state index contributed by atoms with van der Waals surface area (Å²) in [6, 6.07) is 5.15. The molecule has 1 aliphatic heterocycles. The van der Waals surface area contributed by atoms with Crippen LogP contribution in [0.2, 0.25) is 0 Å². The van der Waals surface area contributed by atoms with Gasteiger partial charge in [0, 0.05) is 13.1 Å². The maximum absolute atomic E-state index is 10.9. The molecule has 2 heterocycles. The Morgan fingerprint density at radius 1 is 1.60 bits per heavy atom. The van der Waals surface area contributed by atoms with Crippen molar-refractivity contribution in [1.82, 2.24) is 9.88 Å². The fourth-order valence-electron chi connectivity index (χ4n) is 2.56. The van der Waals surface area contributed by atoms with Gasteiger partial charge in [-0.3, -0.25) is 0 Å². The van der Waals surface area contributed by atoms with Gasteiger partial charge in [-0.05, 0) is 44.1 Å². The number of carbonyl (C=O) groups is 1. The highest BCUT2D eigenvalue weighted by Gasteiger charge is 2.19. The summed E-state index contributed by atoms with van der Waals surface area (Å²) in [5, 5.41) is 12.1. The molecule has 1 aliphatic rings. The normalized spacial score (nSPS) is 19.6. The molecule has 0 radical (unpaired) electrons. The molecule has 6 heteroatoms. The second-order valence-electron chi connectivity index (χ2n) is 5.30. The van der Waals surface area contributed by atoms with Crippen LogP contribution in [0.25, 0.3) is 11.1 Å². The van der Waals surface area contributed by atoms with Crippen molar-refractivity contribution in [1.29, 1.82) is 0 Å². The molecule has 0 saturated carbocycles. The van der Waals surface area contributed by atoms with Crippen molar-refractivity contribution in [3.63, 3.8) is 0 Å². The third kappa shape index (κ3) is 2.60. The van der Waals surface area contributed by atoms with E-state index in [-0.39, 0.29) is 5.56 Å². The predicted molar refractivity (Wildman–Crippen MR) is 75.1 cm³/mol. The van der Waals surface area contributed by atoms with E-state index in [1.54, 1.807) is 6.07 Å². The first-order valence-corrected chi connectivity index (χ1v) is 6.68. The second-order valence-corrected chi connectivity index (χ2v) is 5.30. The molecule has 0 aliphatic carbocycles. The highest BCUT2D eigenvalue weighted by atomic mass is 16.4. The van der Waals surface area contributed by atoms with Crippen molar-refractivity contribution in [2.45, 2.75) is 6.42 Å². The molecule has 20 heavy (non-hydrogen) atoms. The second kappa shape index (κ2) is 5.13. The fraction of sp³-hybridized carbons (Fsp3) is 0.429. The average Bonchev–Trinajstić information content (AvgIpc) is 3.00. The highest BCUT2D eigenvalue weighted by Crippen LogP contribution is 2.21. The van der Waals surface area contributed by atoms with Crippen LogP contribution in [-0.4, -0.2) is 47.6 Å². The van der Waals surface area contributed by atoms with Gasteiger partial charge < -0.3 is 19.7 Å². The lowest BCUT2D eigenvalue weighted by atomic mass is 10.1. The minimum Gasteiger partial charge on any atom is -0.478 e. The molecular formula is C14H17N3O3. The number of rotatable bonds is 4. The first-order valence-electron chi connectivity index (χ1n) is 6.68. The predicted octanol–water partition coefficient (Wildman–Crippen LogP) is 1.89. The van der Waals surface area contributed by atoms with Crippen LogP contribution in [0.5, 0.6) is 0 Å². The number of nitrogens with zero attached hydrogens (tertiary/aromatic N) is 2. The van der Waals surface area contributed by atoms with E-state index >= 15 is 0 Å². The van der Waals surface area contributed by atoms with Crippen LogP contribution in [0.15, 0.2) is 22.6 Å². The first-order chi connectivity index (χ1) is 9.61. The highest BCUT2D eigenvalue weighted by molar-refractivity contribution is 5.92. The molecule has 1 unspecified atom stereocenters. The Morgan fingerprint density at radius 2 is 2.45 bits per heavy atom. The van der Waals surface area contributed by atoms with Gasteiger partial charge in [0.25, 0.3) is 6.01 Å². The van der Waals surface area contributed by atoms with Crippen LogP contribution in [0.3, 0.4) is 0 Å². The zero-order valence-electron chi connectivity index (χ0n) is 11.3. The first kappa shape index (κ1) is 12.9. The van der Waals surface area contributed by atoms with Crippen LogP contribution in [0.4, 0.5) is 6.01 Å². The van der Waals surface area contributed by atoms with Crippen molar-refractivity contribution < 1.29 is 14.3 Å². The van der Waals surface area contributed by atoms with E-state index in [1.165, 1.54) is 18.6 Å². The van der Waals surface area contributed by atoms with Gasteiger partial charge in [0.2, 0.25) is 0 Å². The Bertz CT molecular complexity index is 638. The molecule has 0 amide bonds. The molecule has 0 spiro atoms. The Morgan fingerprint density at radius 3 is 3.15 bits per heavy atom. The van der Waals surface area contributed by atoms with Crippen LogP contribution in [-0.2, 0) is 0 Å². The maximum atomic E-state index is 10.9. The number of aromatic carboxylic acids is 1. The summed E-state index contributed by atoms with van der Waals surface area (Å²) < 4.78 is 5.55. The number of benzene rings is 1. The summed E-state index contributed by atoms with van der Waals surface area (Å²) in [4.78, 5) is 17.5. The summed E-state index contributed by atoms with van der Waals surface area (Å²) in [6.07, 6.45) is 1.17. The third-order valence-corrected chi connectivity index (χ3v) is 3.67. The zero-order valence-corrected chi connectivity index (χ0v) is 11.3. The van der Waals surface area contributed by atoms with Crippen molar-refractivity contribution in [2.75, 3.05) is 32.0 Å². The summed E-state index contributed by atoms with van der Waals surface area (Å²) in [6.45, 7) is 3.03. The van der Waals surface area contributed by atoms with Gasteiger partial charge in [0.1, 0.15) is 5.52 Å². The lowest BCUT2D eigenvalue weighted by molar-refractivity contribution is 0.0697. The molecule has 1 saturated heterocycles. The molecule has 0 bridgehead atoms. The number of oxazole rings is 1. The molecule has 1 atom stereocenters. The lowest BCUT2D eigenvalue weighted by Crippen LogP contribution is -2.19. The van der Waals surface area contributed by atoms with Gasteiger partial charge in [0.05, 0.1) is 5.56 Å². The smallest absolute Gasteiger partial charge is 0.335 e. The molecule has 6 nitrogen and oxygen atoms in total. The SMILES string of the molecule is CN1CCC(CNc2nc3ccc(C(=O)O)cc3o2)C1. The number of carboxylic acid groups (broad SMARTS) is 1. The average molecular weight is 275 g/mol. The van der Waals surface area contributed by atoms with Gasteiger partial charge in [-0.1, -0.05) is 0 Å². The molecule has 3 rings (SSSR count). The molecule has 1 fully saturated rings. The summed E-state index contributed by atoms with van der Waals surface area (Å²) in [5.74, 6) is -0.364. The number of anilines is 1. The molecule has 2 N–H and O–H groups in total. The van der Waals surface area contributed by atoms with E-state index < -0.39 is 5.97 Å². The number of likely N-dealkylation sites (tertiary alicyclic amines) is 1. The summed E-state index contributed by atoms with van der Waals surface area (Å²) >= 11 is 0. The Labute approximate surface area is 116 Å². The van der Waals surface area contributed by atoms with E-state index in [4.69, 9.17) is 9.52 Å². The van der Waals surface area contributed by atoms with Gasteiger partial charge in [-0.2, -0.15) is 4.98 Å². The summed E-state index contributed by atoms with van der Waals surface area (Å²) in [5.41, 5.74) is 1.37. The topological polar surface area (TPSA) is 78.6 Å². The van der Waals surface area contributed by atoms with E-state index in [2.05, 4.69) is 22.2 Å². The fourth-order valence-corrected chi connectivity index (χ4v) is 2.56. The van der Waals surface area contributed by atoms with Gasteiger partial charge in [-0.25, -0.2) is 4.79 Å². The Balaban J connectivity index is 1.71. The molecular weight excluding hydrogens is 258 g/mol. The molecule has 106 valence electrons. The molecule has 1 aromatic carbocycles. The van der Waals surface area contributed by atoms with Crippen LogP contribution in [0, 0.1) is 5.92 Å². The number of aromatic nitrogens is 1. The van der Waals surface area contributed by atoms with Crippen LogP contribution < -0.4 is 5.32 Å². The van der Waals surface area contributed by atoms with Crippen molar-refractivity contribution >= 4 is 23.1 Å².